The minimum absolute atomic E-state index is 0.169. The number of rotatable bonds is 2. The van der Waals surface area contributed by atoms with Crippen molar-refractivity contribution in [2.45, 2.75) is 0 Å². The predicted molar refractivity (Wildman–Crippen MR) is 83.8 cm³/mol. The van der Waals surface area contributed by atoms with Gasteiger partial charge >= 0.3 is 0 Å². The zero-order chi connectivity index (χ0) is 14.3. The summed E-state index contributed by atoms with van der Waals surface area (Å²) in [4.78, 5) is 12.3. The second-order valence-electron chi connectivity index (χ2n) is 4.25. The number of halogens is 3. The minimum atomic E-state index is -0.366. The standard InChI is InChI=1S/C15H7ClFIO2/c16-11-6-8(1-3-12(11)18)15(19)14-7-9-5-10(17)2-4-13(9)20-14/h1-7H. The maximum absolute atomic E-state index is 13.1. The first kappa shape index (κ1) is 13.6. The van der Waals surface area contributed by atoms with Gasteiger partial charge in [0.2, 0.25) is 5.78 Å². The molecule has 0 atom stereocenters. The molecule has 2 nitrogen and oxygen atoms in total. The highest BCUT2D eigenvalue weighted by atomic mass is 127. The van der Waals surface area contributed by atoms with Crippen molar-refractivity contribution < 1.29 is 13.6 Å². The Morgan fingerprint density at radius 3 is 2.70 bits per heavy atom. The molecule has 0 bridgehead atoms. The van der Waals surface area contributed by atoms with E-state index in [2.05, 4.69) is 22.6 Å². The lowest BCUT2D eigenvalue weighted by Crippen LogP contribution is -1.99. The molecule has 1 aromatic heterocycles. The number of furan rings is 1. The fourth-order valence-corrected chi connectivity index (χ4v) is 2.42. The third-order valence-electron chi connectivity index (χ3n) is 2.88. The van der Waals surface area contributed by atoms with Crippen molar-refractivity contribution in [1.82, 2.24) is 0 Å². The van der Waals surface area contributed by atoms with E-state index in [0.29, 0.717) is 21.6 Å². The molecule has 20 heavy (non-hydrogen) atoms. The van der Waals surface area contributed by atoms with E-state index >= 15 is 0 Å². The van der Waals surface area contributed by atoms with Crippen molar-refractivity contribution in [3.05, 3.63) is 68.2 Å². The van der Waals surface area contributed by atoms with Gasteiger partial charge in [0.25, 0.3) is 0 Å². The summed E-state index contributed by atoms with van der Waals surface area (Å²) in [5.74, 6) is -0.475. The van der Waals surface area contributed by atoms with Crippen LogP contribution in [0, 0.1) is 9.39 Å². The summed E-state index contributed by atoms with van der Waals surface area (Å²) in [6, 6.07) is 10.7. The lowest BCUT2D eigenvalue weighted by molar-refractivity contribution is 0.101. The average molecular weight is 401 g/mol. The number of carbonyl (C=O) groups is 1. The summed E-state index contributed by atoms with van der Waals surface area (Å²) in [6.07, 6.45) is 0. The van der Waals surface area contributed by atoms with Crippen LogP contribution in [-0.2, 0) is 0 Å². The van der Waals surface area contributed by atoms with E-state index < -0.39 is 0 Å². The molecule has 100 valence electrons. The van der Waals surface area contributed by atoms with Crippen molar-refractivity contribution in [3.63, 3.8) is 0 Å². The van der Waals surface area contributed by atoms with Gasteiger partial charge in [0.05, 0.1) is 5.02 Å². The smallest absolute Gasteiger partial charge is 0.228 e. The number of carbonyl (C=O) groups excluding carboxylic acids is 1. The molecule has 0 saturated heterocycles. The molecule has 0 aliphatic rings. The molecular weight excluding hydrogens is 394 g/mol. The molecule has 0 fully saturated rings. The molecule has 0 N–H and O–H groups in total. The Kier molecular flexibility index (Phi) is 3.52. The molecule has 0 aliphatic heterocycles. The highest BCUT2D eigenvalue weighted by molar-refractivity contribution is 14.1. The topological polar surface area (TPSA) is 30.2 Å². The predicted octanol–water partition coefficient (Wildman–Crippen LogP) is 5.06. The van der Waals surface area contributed by atoms with Gasteiger partial charge in [-0.3, -0.25) is 4.79 Å². The fraction of sp³-hybridized carbons (Fsp3) is 0. The summed E-state index contributed by atoms with van der Waals surface area (Å²) < 4.78 is 19.4. The Labute approximate surface area is 132 Å². The van der Waals surface area contributed by atoms with Crippen LogP contribution in [0.4, 0.5) is 4.39 Å². The van der Waals surface area contributed by atoms with E-state index in [-0.39, 0.29) is 17.4 Å². The SMILES string of the molecule is O=C(c1ccc(I)c(Cl)c1)c1cc2cc(F)ccc2o1. The van der Waals surface area contributed by atoms with Crippen LogP contribution in [0.5, 0.6) is 0 Å². The molecule has 0 unspecified atom stereocenters. The van der Waals surface area contributed by atoms with Gasteiger partial charge in [0.1, 0.15) is 11.4 Å². The molecule has 3 rings (SSSR count). The number of hydrogen-bond donors (Lipinski definition) is 0. The third kappa shape index (κ3) is 2.45. The molecule has 0 spiro atoms. The third-order valence-corrected chi connectivity index (χ3v) is 4.46. The van der Waals surface area contributed by atoms with Gasteiger partial charge in [-0.25, -0.2) is 4.39 Å². The maximum atomic E-state index is 13.1. The lowest BCUT2D eigenvalue weighted by Gasteiger charge is -2.00. The van der Waals surface area contributed by atoms with E-state index in [1.54, 1.807) is 18.2 Å². The molecule has 0 saturated carbocycles. The van der Waals surface area contributed by atoms with E-state index in [1.165, 1.54) is 24.3 Å². The first-order chi connectivity index (χ1) is 9.54. The summed E-state index contributed by atoms with van der Waals surface area (Å²) in [5.41, 5.74) is 0.918. The van der Waals surface area contributed by atoms with Crippen LogP contribution in [0.25, 0.3) is 11.0 Å². The Morgan fingerprint density at radius 1 is 1.15 bits per heavy atom. The number of ketones is 1. The van der Waals surface area contributed by atoms with Gasteiger partial charge < -0.3 is 4.42 Å². The highest BCUT2D eigenvalue weighted by Crippen LogP contribution is 2.25. The first-order valence-electron chi connectivity index (χ1n) is 5.73. The van der Waals surface area contributed by atoms with E-state index in [4.69, 9.17) is 16.0 Å². The van der Waals surface area contributed by atoms with Gasteiger partial charge in [-0.05, 0) is 65.1 Å². The molecule has 1 heterocycles. The van der Waals surface area contributed by atoms with Crippen molar-refractivity contribution >= 4 is 50.9 Å². The summed E-state index contributed by atoms with van der Waals surface area (Å²) in [5, 5.41) is 1.07. The fourth-order valence-electron chi connectivity index (χ4n) is 1.91. The number of hydrogen-bond acceptors (Lipinski definition) is 2. The van der Waals surface area contributed by atoms with Crippen LogP contribution < -0.4 is 0 Å². The zero-order valence-electron chi connectivity index (χ0n) is 9.99. The largest absolute Gasteiger partial charge is 0.453 e. The van der Waals surface area contributed by atoms with Crippen LogP contribution in [0.3, 0.4) is 0 Å². The Hall–Kier alpha value is -1.40. The quantitative estimate of drug-likeness (QED) is 0.444. The Balaban J connectivity index is 2.05. The van der Waals surface area contributed by atoms with E-state index in [9.17, 15) is 9.18 Å². The first-order valence-corrected chi connectivity index (χ1v) is 7.19. The molecule has 0 aliphatic carbocycles. The monoisotopic (exact) mass is 400 g/mol. The van der Waals surface area contributed by atoms with E-state index in [1.807, 2.05) is 0 Å². The van der Waals surface area contributed by atoms with Crippen LogP contribution in [0.1, 0.15) is 16.1 Å². The normalized spacial score (nSPS) is 10.9. The number of fused-ring (bicyclic) bond motifs is 1. The maximum Gasteiger partial charge on any atom is 0.228 e. The summed E-state index contributed by atoms with van der Waals surface area (Å²) in [6.45, 7) is 0. The second-order valence-corrected chi connectivity index (χ2v) is 5.82. The molecule has 2 aromatic carbocycles. The second kappa shape index (κ2) is 5.18. The molecule has 0 radical (unpaired) electrons. The van der Waals surface area contributed by atoms with Gasteiger partial charge in [0.15, 0.2) is 5.76 Å². The minimum Gasteiger partial charge on any atom is -0.453 e. The molecule has 0 amide bonds. The van der Waals surface area contributed by atoms with Crippen LogP contribution >= 0.6 is 34.2 Å². The van der Waals surface area contributed by atoms with Crippen LogP contribution in [0.2, 0.25) is 5.02 Å². The van der Waals surface area contributed by atoms with Crippen molar-refractivity contribution in [1.29, 1.82) is 0 Å². The summed E-state index contributed by atoms with van der Waals surface area (Å²) in [7, 11) is 0. The summed E-state index contributed by atoms with van der Waals surface area (Å²) >= 11 is 8.09. The van der Waals surface area contributed by atoms with Gasteiger partial charge in [-0.15, -0.1) is 0 Å². The van der Waals surface area contributed by atoms with Crippen molar-refractivity contribution in [2.24, 2.45) is 0 Å². The average Bonchev–Trinajstić information content (AvgIpc) is 2.84. The molecule has 5 heteroatoms. The lowest BCUT2D eigenvalue weighted by atomic mass is 10.1. The zero-order valence-corrected chi connectivity index (χ0v) is 12.9. The van der Waals surface area contributed by atoms with E-state index in [0.717, 1.165) is 3.57 Å². The van der Waals surface area contributed by atoms with Gasteiger partial charge in [-0.1, -0.05) is 11.6 Å². The number of benzene rings is 2. The van der Waals surface area contributed by atoms with Gasteiger partial charge in [0, 0.05) is 14.5 Å². The van der Waals surface area contributed by atoms with Gasteiger partial charge in [-0.2, -0.15) is 0 Å². The molecular formula is C15H7ClFIO2. The van der Waals surface area contributed by atoms with Crippen LogP contribution in [0.15, 0.2) is 46.9 Å². The Morgan fingerprint density at radius 2 is 1.95 bits per heavy atom. The molecule has 3 aromatic rings. The van der Waals surface area contributed by atoms with Crippen LogP contribution in [-0.4, -0.2) is 5.78 Å². The van der Waals surface area contributed by atoms with Crippen molar-refractivity contribution in [2.75, 3.05) is 0 Å². The van der Waals surface area contributed by atoms with Crippen molar-refractivity contribution in [3.8, 4) is 0 Å². The highest BCUT2D eigenvalue weighted by Gasteiger charge is 2.15. The Bertz CT molecular complexity index is 826.